The maximum absolute atomic E-state index is 11.3. The minimum absolute atomic E-state index is 0.233. The summed E-state index contributed by atoms with van der Waals surface area (Å²) in [5, 5.41) is 2.93. The van der Waals surface area contributed by atoms with E-state index < -0.39 is 0 Å². The van der Waals surface area contributed by atoms with Gasteiger partial charge in [-0.1, -0.05) is 12.8 Å². The molecular formula is C10H19NO. The van der Waals surface area contributed by atoms with Crippen molar-refractivity contribution in [2.75, 3.05) is 0 Å². The van der Waals surface area contributed by atoms with Crippen LogP contribution in [0.5, 0.6) is 0 Å². The summed E-state index contributed by atoms with van der Waals surface area (Å²) in [5.74, 6) is 0.903. The van der Waals surface area contributed by atoms with Crippen LogP contribution >= 0.6 is 0 Å². The first-order valence-electron chi connectivity index (χ1n) is 4.98. The maximum atomic E-state index is 11.3. The lowest BCUT2D eigenvalue weighted by Crippen LogP contribution is -2.31. The molecule has 0 spiro atoms. The molecule has 0 aromatic heterocycles. The summed E-state index contributed by atoms with van der Waals surface area (Å²) in [6, 6.07) is 0.291. The van der Waals surface area contributed by atoms with E-state index in [1.165, 1.54) is 25.7 Å². The van der Waals surface area contributed by atoms with E-state index in [1.54, 1.807) is 0 Å². The second-order valence-corrected chi connectivity index (χ2v) is 4.08. The molecule has 0 atom stereocenters. The van der Waals surface area contributed by atoms with Gasteiger partial charge in [-0.25, -0.2) is 0 Å². The summed E-state index contributed by atoms with van der Waals surface area (Å²) in [6.45, 7) is 4.01. The van der Waals surface area contributed by atoms with Crippen molar-refractivity contribution >= 4 is 5.91 Å². The van der Waals surface area contributed by atoms with Crippen molar-refractivity contribution in [3.05, 3.63) is 0 Å². The van der Waals surface area contributed by atoms with Crippen LogP contribution in [0.15, 0.2) is 0 Å². The Hall–Kier alpha value is -0.530. The Morgan fingerprint density at radius 2 is 2.00 bits per heavy atom. The largest absolute Gasteiger partial charge is 0.354 e. The summed E-state index contributed by atoms with van der Waals surface area (Å²) < 4.78 is 0. The van der Waals surface area contributed by atoms with Crippen LogP contribution in [-0.4, -0.2) is 11.9 Å². The van der Waals surface area contributed by atoms with Crippen molar-refractivity contribution < 1.29 is 4.79 Å². The van der Waals surface area contributed by atoms with Gasteiger partial charge >= 0.3 is 0 Å². The van der Waals surface area contributed by atoms with Crippen LogP contribution in [-0.2, 0) is 4.79 Å². The van der Waals surface area contributed by atoms with Crippen molar-refractivity contribution in [1.29, 1.82) is 0 Å². The van der Waals surface area contributed by atoms with Crippen LogP contribution in [0.1, 0.15) is 46.0 Å². The van der Waals surface area contributed by atoms with E-state index >= 15 is 0 Å². The van der Waals surface area contributed by atoms with Crippen LogP contribution in [0, 0.1) is 5.92 Å². The molecule has 70 valence electrons. The molecule has 0 aromatic carbocycles. The number of carbonyl (C=O) groups is 1. The third kappa shape index (κ3) is 3.24. The molecule has 0 aromatic rings. The molecule has 0 radical (unpaired) electrons. The molecule has 2 nitrogen and oxygen atoms in total. The molecule has 1 rings (SSSR count). The van der Waals surface area contributed by atoms with Gasteiger partial charge < -0.3 is 5.32 Å². The third-order valence-corrected chi connectivity index (χ3v) is 2.40. The molecule has 0 aliphatic heterocycles. The number of nitrogens with one attached hydrogen (secondary N) is 1. The Labute approximate surface area is 74.7 Å². The minimum Gasteiger partial charge on any atom is -0.354 e. The molecule has 0 saturated heterocycles. The van der Waals surface area contributed by atoms with Gasteiger partial charge in [-0.15, -0.1) is 0 Å². The maximum Gasteiger partial charge on any atom is 0.220 e. The second kappa shape index (κ2) is 4.48. The van der Waals surface area contributed by atoms with Crippen LogP contribution < -0.4 is 5.32 Å². The number of carbonyl (C=O) groups excluding carboxylic acids is 1. The molecule has 1 amide bonds. The normalized spacial score (nSPS) is 18.6. The fourth-order valence-electron chi connectivity index (χ4n) is 1.86. The highest BCUT2D eigenvalue weighted by atomic mass is 16.1. The number of hydrogen-bond donors (Lipinski definition) is 1. The average molecular weight is 169 g/mol. The quantitative estimate of drug-likeness (QED) is 0.688. The standard InChI is InChI=1S/C10H19NO/c1-8(2)11-10(12)7-9-5-3-4-6-9/h8-9H,3-7H2,1-2H3,(H,11,12). The first-order chi connectivity index (χ1) is 5.68. The van der Waals surface area contributed by atoms with Gasteiger partial charge in [0.25, 0.3) is 0 Å². The Balaban J connectivity index is 2.16. The van der Waals surface area contributed by atoms with Crippen LogP contribution in [0.3, 0.4) is 0 Å². The molecule has 1 aliphatic rings. The van der Waals surface area contributed by atoms with E-state index in [4.69, 9.17) is 0 Å². The topological polar surface area (TPSA) is 29.1 Å². The fourth-order valence-corrected chi connectivity index (χ4v) is 1.86. The molecule has 2 heteroatoms. The predicted molar refractivity (Wildman–Crippen MR) is 49.9 cm³/mol. The van der Waals surface area contributed by atoms with Gasteiger partial charge in [0.05, 0.1) is 0 Å². The van der Waals surface area contributed by atoms with E-state index in [0.29, 0.717) is 12.0 Å². The molecule has 0 heterocycles. The highest BCUT2D eigenvalue weighted by molar-refractivity contribution is 5.76. The predicted octanol–water partition coefficient (Wildman–Crippen LogP) is 2.09. The molecule has 1 fully saturated rings. The molecule has 1 N–H and O–H groups in total. The molecule has 0 bridgehead atoms. The summed E-state index contributed by atoms with van der Waals surface area (Å²) in [7, 11) is 0. The van der Waals surface area contributed by atoms with Gasteiger partial charge in [0.15, 0.2) is 0 Å². The summed E-state index contributed by atoms with van der Waals surface area (Å²) in [6.07, 6.45) is 5.90. The average Bonchev–Trinajstić information content (AvgIpc) is 2.37. The molecule has 0 unspecified atom stereocenters. The highest BCUT2D eigenvalue weighted by Gasteiger charge is 2.18. The van der Waals surface area contributed by atoms with E-state index in [9.17, 15) is 4.79 Å². The highest BCUT2D eigenvalue weighted by Crippen LogP contribution is 2.27. The van der Waals surface area contributed by atoms with Crippen molar-refractivity contribution in [3.63, 3.8) is 0 Å². The minimum atomic E-state index is 0.233. The Morgan fingerprint density at radius 1 is 1.42 bits per heavy atom. The second-order valence-electron chi connectivity index (χ2n) is 4.08. The van der Waals surface area contributed by atoms with E-state index in [2.05, 4.69) is 5.32 Å². The van der Waals surface area contributed by atoms with Gasteiger partial charge in [-0.3, -0.25) is 4.79 Å². The molecular weight excluding hydrogens is 150 g/mol. The lowest BCUT2D eigenvalue weighted by molar-refractivity contribution is -0.122. The summed E-state index contributed by atoms with van der Waals surface area (Å²) >= 11 is 0. The van der Waals surface area contributed by atoms with Crippen molar-refractivity contribution in [2.24, 2.45) is 5.92 Å². The SMILES string of the molecule is CC(C)NC(=O)CC1CCCC1. The van der Waals surface area contributed by atoms with Crippen LogP contribution in [0.2, 0.25) is 0 Å². The van der Waals surface area contributed by atoms with Crippen molar-refractivity contribution in [1.82, 2.24) is 5.32 Å². The lowest BCUT2D eigenvalue weighted by atomic mass is 10.0. The summed E-state index contributed by atoms with van der Waals surface area (Å²) in [5.41, 5.74) is 0. The number of rotatable bonds is 3. The zero-order valence-electron chi connectivity index (χ0n) is 8.10. The fraction of sp³-hybridized carbons (Fsp3) is 0.900. The monoisotopic (exact) mass is 169 g/mol. The molecule has 1 aliphatic carbocycles. The molecule has 1 saturated carbocycles. The Bertz CT molecular complexity index is 148. The van der Waals surface area contributed by atoms with Gasteiger partial charge in [-0.05, 0) is 32.6 Å². The van der Waals surface area contributed by atoms with Crippen molar-refractivity contribution in [3.8, 4) is 0 Å². The van der Waals surface area contributed by atoms with Gasteiger partial charge in [0.1, 0.15) is 0 Å². The third-order valence-electron chi connectivity index (χ3n) is 2.40. The van der Waals surface area contributed by atoms with Crippen LogP contribution in [0.25, 0.3) is 0 Å². The van der Waals surface area contributed by atoms with E-state index in [0.717, 1.165) is 6.42 Å². The van der Waals surface area contributed by atoms with E-state index in [1.807, 2.05) is 13.8 Å². The smallest absolute Gasteiger partial charge is 0.220 e. The summed E-state index contributed by atoms with van der Waals surface area (Å²) in [4.78, 5) is 11.3. The van der Waals surface area contributed by atoms with Crippen molar-refractivity contribution in [2.45, 2.75) is 52.0 Å². The van der Waals surface area contributed by atoms with Crippen LogP contribution in [0.4, 0.5) is 0 Å². The van der Waals surface area contributed by atoms with E-state index in [-0.39, 0.29) is 5.91 Å². The van der Waals surface area contributed by atoms with Gasteiger partial charge in [0, 0.05) is 12.5 Å². The number of amides is 1. The molecule has 12 heavy (non-hydrogen) atoms. The zero-order chi connectivity index (χ0) is 8.97. The Morgan fingerprint density at radius 3 is 2.50 bits per heavy atom. The van der Waals surface area contributed by atoms with Gasteiger partial charge in [-0.2, -0.15) is 0 Å². The van der Waals surface area contributed by atoms with Gasteiger partial charge in [0.2, 0.25) is 5.91 Å². The number of hydrogen-bond acceptors (Lipinski definition) is 1. The lowest BCUT2D eigenvalue weighted by Gasteiger charge is -2.11. The Kier molecular flexibility index (Phi) is 3.57. The first-order valence-corrected chi connectivity index (χ1v) is 4.98. The first kappa shape index (κ1) is 9.56. The zero-order valence-corrected chi connectivity index (χ0v) is 8.10.